The predicted octanol–water partition coefficient (Wildman–Crippen LogP) is 1.96. The number of nitrogens with zero attached hydrogens (tertiary/aromatic N) is 4. The molecule has 3 rings (SSSR count). The molecule has 0 spiro atoms. The van der Waals surface area contributed by atoms with Gasteiger partial charge >= 0.3 is 0 Å². The summed E-state index contributed by atoms with van der Waals surface area (Å²) in [6.45, 7) is 5.32. The molecule has 0 atom stereocenters. The average molecular weight is 329 g/mol. The molecule has 7 heteroatoms. The van der Waals surface area contributed by atoms with E-state index in [-0.39, 0.29) is 5.91 Å². The maximum absolute atomic E-state index is 11.7. The van der Waals surface area contributed by atoms with Crippen molar-refractivity contribution in [2.45, 2.75) is 33.4 Å². The Labute approximate surface area is 141 Å². The van der Waals surface area contributed by atoms with Gasteiger partial charge in [0, 0.05) is 33.1 Å². The van der Waals surface area contributed by atoms with Crippen LogP contribution in [-0.2, 0) is 24.3 Å². The number of aryl methyl sites for hydroxylation is 1. The SMILES string of the molecule is CC(=O)N1CCc2c(nc(N(C)C)nc2NCc2ccc(C)o2)C1. The number of nitrogens with one attached hydrogen (secondary N) is 1. The third-order valence-electron chi connectivity index (χ3n) is 4.12. The fraction of sp³-hybridized carbons (Fsp3) is 0.471. The minimum absolute atomic E-state index is 0.0752. The van der Waals surface area contributed by atoms with Crippen LogP contribution in [0.3, 0.4) is 0 Å². The maximum Gasteiger partial charge on any atom is 0.227 e. The Morgan fingerprint density at radius 3 is 2.79 bits per heavy atom. The quantitative estimate of drug-likeness (QED) is 0.924. The third-order valence-corrected chi connectivity index (χ3v) is 4.12. The van der Waals surface area contributed by atoms with Crippen LogP contribution in [0.15, 0.2) is 16.5 Å². The molecule has 1 aliphatic rings. The molecule has 0 aromatic carbocycles. The minimum atomic E-state index is 0.0752. The molecule has 1 aliphatic heterocycles. The summed E-state index contributed by atoms with van der Waals surface area (Å²) in [6, 6.07) is 3.91. The first-order valence-electron chi connectivity index (χ1n) is 8.06. The van der Waals surface area contributed by atoms with Gasteiger partial charge in [0.15, 0.2) is 0 Å². The summed E-state index contributed by atoms with van der Waals surface area (Å²) < 4.78 is 5.61. The summed E-state index contributed by atoms with van der Waals surface area (Å²) >= 11 is 0. The lowest BCUT2D eigenvalue weighted by Crippen LogP contribution is -2.35. The highest BCUT2D eigenvalue weighted by atomic mass is 16.3. The Kier molecular flexibility index (Phi) is 4.42. The van der Waals surface area contributed by atoms with Gasteiger partial charge in [-0.15, -0.1) is 0 Å². The molecule has 1 N–H and O–H groups in total. The monoisotopic (exact) mass is 329 g/mol. The molecule has 3 heterocycles. The smallest absolute Gasteiger partial charge is 0.227 e. The van der Waals surface area contributed by atoms with Crippen molar-refractivity contribution in [1.82, 2.24) is 14.9 Å². The van der Waals surface area contributed by atoms with Crippen LogP contribution in [0.25, 0.3) is 0 Å². The first kappa shape index (κ1) is 16.3. The number of carbonyl (C=O) groups excluding carboxylic acids is 1. The number of fused-ring (bicyclic) bond motifs is 1. The van der Waals surface area contributed by atoms with Gasteiger partial charge in [-0.05, 0) is 25.5 Å². The van der Waals surface area contributed by atoms with Crippen LogP contribution >= 0.6 is 0 Å². The maximum atomic E-state index is 11.7. The van der Waals surface area contributed by atoms with E-state index in [4.69, 9.17) is 4.42 Å². The van der Waals surface area contributed by atoms with Gasteiger partial charge in [0.25, 0.3) is 0 Å². The highest BCUT2D eigenvalue weighted by Gasteiger charge is 2.24. The van der Waals surface area contributed by atoms with E-state index in [1.54, 1.807) is 6.92 Å². The van der Waals surface area contributed by atoms with E-state index >= 15 is 0 Å². The Bertz CT molecular complexity index is 753. The van der Waals surface area contributed by atoms with E-state index in [1.165, 1.54) is 0 Å². The van der Waals surface area contributed by atoms with Crippen molar-refractivity contribution < 1.29 is 9.21 Å². The summed E-state index contributed by atoms with van der Waals surface area (Å²) in [5.74, 6) is 3.29. The summed E-state index contributed by atoms with van der Waals surface area (Å²) in [5, 5.41) is 3.37. The topological polar surface area (TPSA) is 74.5 Å². The molecule has 2 aromatic heterocycles. The summed E-state index contributed by atoms with van der Waals surface area (Å²) in [4.78, 5) is 24.6. The summed E-state index contributed by atoms with van der Waals surface area (Å²) in [6.07, 6.45) is 0.752. The molecule has 7 nitrogen and oxygen atoms in total. The molecular weight excluding hydrogens is 306 g/mol. The molecule has 0 saturated heterocycles. The van der Waals surface area contributed by atoms with Gasteiger partial charge in [-0.1, -0.05) is 0 Å². The lowest BCUT2D eigenvalue weighted by atomic mass is 10.1. The fourth-order valence-electron chi connectivity index (χ4n) is 2.78. The summed E-state index contributed by atoms with van der Waals surface area (Å²) in [5.41, 5.74) is 2.00. The normalized spacial score (nSPS) is 13.6. The van der Waals surface area contributed by atoms with Gasteiger partial charge in [0.05, 0.1) is 18.8 Å². The van der Waals surface area contributed by atoms with Crippen molar-refractivity contribution >= 4 is 17.7 Å². The van der Waals surface area contributed by atoms with Crippen molar-refractivity contribution in [3.05, 3.63) is 34.9 Å². The van der Waals surface area contributed by atoms with E-state index < -0.39 is 0 Å². The first-order valence-corrected chi connectivity index (χ1v) is 8.06. The fourth-order valence-corrected chi connectivity index (χ4v) is 2.78. The zero-order chi connectivity index (χ0) is 17.3. The van der Waals surface area contributed by atoms with E-state index in [1.807, 2.05) is 43.0 Å². The molecule has 128 valence electrons. The van der Waals surface area contributed by atoms with Gasteiger partial charge in [-0.2, -0.15) is 4.98 Å². The van der Waals surface area contributed by atoms with Crippen molar-refractivity contribution in [2.75, 3.05) is 30.9 Å². The Morgan fingerprint density at radius 2 is 2.17 bits per heavy atom. The molecular formula is C17H23N5O2. The predicted molar refractivity (Wildman–Crippen MR) is 91.9 cm³/mol. The molecule has 0 saturated carbocycles. The lowest BCUT2D eigenvalue weighted by Gasteiger charge is -2.29. The van der Waals surface area contributed by atoms with E-state index in [9.17, 15) is 4.79 Å². The number of hydrogen-bond donors (Lipinski definition) is 1. The van der Waals surface area contributed by atoms with E-state index in [0.717, 1.165) is 35.0 Å². The van der Waals surface area contributed by atoms with Gasteiger partial charge in [-0.3, -0.25) is 4.79 Å². The summed E-state index contributed by atoms with van der Waals surface area (Å²) in [7, 11) is 3.82. The lowest BCUT2D eigenvalue weighted by molar-refractivity contribution is -0.129. The highest BCUT2D eigenvalue weighted by Crippen LogP contribution is 2.26. The van der Waals surface area contributed by atoms with Crippen molar-refractivity contribution in [3.63, 3.8) is 0 Å². The third kappa shape index (κ3) is 3.34. The Hall–Kier alpha value is -2.57. The number of rotatable bonds is 4. The van der Waals surface area contributed by atoms with Crippen LogP contribution in [0.5, 0.6) is 0 Å². The number of aromatic nitrogens is 2. The zero-order valence-electron chi connectivity index (χ0n) is 14.6. The van der Waals surface area contributed by atoms with Crippen molar-refractivity contribution in [2.24, 2.45) is 0 Å². The number of furan rings is 1. The zero-order valence-corrected chi connectivity index (χ0v) is 14.6. The minimum Gasteiger partial charge on any atom is -0.465 e. The molecule has 0 aliphatic carbocycles. The van der Waals surface area contributed by atoms with Gasteiger partial charge in [0.1, 0.15) is 17.3 Å². The largest absolute Gasteiger partial charge is 0.465 e. The highest BCUT2D eigenvalue weighted by molar-refractivity contribution is 5.73. The van der Waals surface area contributed by atoms with Crippen LogP contribution in [0, 0.1) is 6.92 Å². The van der Waals surface area contributed by atoms with Crippen LogP contribution in [-0.4, -0.2) is 41.4 Å². The Morgan fingerprint density at radius 1 is 1.38 bits per heavy atom. The number of anilines is 2. The molecule has 2 aromatic rings. The molecule has 0 unspecified atom stereocenters. The van der Waals surface area contributed by atoms with Crippen LogP contribution in [0.4, 0.5) is 11.8 Å². The van der Waals surface area contributed by atoms with Gasteiger partial charge < -0.3 is 19.5 Å². The van der Waals surface area contributed by atoms with Crippen LogP contribution < -0.4 is 10.2 Å². The van der Waals surface area contributed by atoms with Crippen molar-refractivity contribution in [1.29, 1.82) is 0 Å². The van der Waals surface area contributed by atoms with Gasteiger partial charge in [-0.25, -0.2) is 4.98 Å². The van der Waals surface area contributed by atoms with Crippen LogP contribution in [0.2, 0.25) is 0 Å². The van der Waals surface area contributed by atoms with Crippen LogP contribution in [0.1, 0.15) is 29.7 Å². The van der Waals surface area contributed by atoms with E-state index in [0.29, 0.717) is 25.6 Å². The molecule has 24 heavy (non-hydrogen) atoms. The Balaban J connectivity index is 1.88. The van der Waals surface area contributed by atoms with E-state index in [2.05, 4.69) is 15.3 Å². The van der Waals surface area contributed by atoms with Crippen molar-refractivity contribution in [3.8, 4) is 0 Å². The molecule has 0 bridgehead atoms. The standard InChI is InChI=1S/C17H23N5O2/c1-11-5-6-13(24-11)9-18-16-14-7-8-22(12(2)23)10-15(14)19-17(20-16)21(3)4/h5-6H,7-10H2,1-4H3,(H,18,19,20). The van der Waals surface area contributed by atoms with Gasteiger partial charge in [0.2, 0.25) is 11.9 Å². The number of carbonyl (C=O) groups is 1. The second kappa shape index (κ2) is 6.51. The second-order valence-electron chi connectivity index (χ2n) is 6.25. The average Bonchev–Trinajstić information content (AvgIpc) is 2.97. The number of amides is 1. The number of hydrogen-bond acceptors (Lipinski definition) is 6. The first-order chi connectivity index (χ1) is 11.4. The molecule has 0 radical (unpaired) electrons. The molecule has 0 fully saturated rings. The second-order valence-corrected chi connectivity index (χ2v) is 6.25. The molecule has 1 amide bonds.